The minimum atomic E-state index is -3.83. The summed E-state index contributed by atoms with van der Waals surface area (Å²) >= 11 is 0. The second kappa shape index (κ2) is 2.80. The smallest absolute Gasteiger partial charge is 0.265 e. The van der Waals surface area contributed by atoms with Gasteiger partial charge in [0.15, 0.2) is 0 Å². The molecule has 0 aromatic rings. The van der Waals surface area contributed by atoms with Gasteiger partial charge in [0, 0.05) is 5.92 Å². The molecule has 5 heteroatoms. The van der Waals surface area contributed by atoms with Crippen LogP contribution in [0, 0.1) is 23.2 Å². The van der Waals surface area contributed by atoms with Crippen molar-refractivity contribution in [3.63, 3.8) is 0 Å². The van der Waals surface area contributed by atoms with Crippen molar-refractivity contribution in [1.29, 1.82) is 5.26 Å². The molecular weight excluding hydrogens is 166 g/mol. The van der Waals surface area contributed by atoms with Gasteiger partial charge in [-0.25, -0.2) is 0 Å². The van der Waals surface area contributed by atoms with Gasteiger partial charge in [-0.15, -0.1) is 0 Å². The topological polar surface area (TPSA) is 78.2 Å². The molecule has 0 aromatic carbocycles. The maximum atomic E-state index is 10.3. The van der Waals surface area contributed by atoms with Gasteiger partial charge in [-0.2, -0.15) is 13.7 Å². The van der Waals surface area contributed by atoms with Gasteiger partial charge in [0.1, 0.15) is 0 Å². The Bertz CT molecular complexity index is 271. The molecule has 1 saturated carbocycles. The fourth-order valence-electron chi connectivity index (χ4n) is 1.28. The van der Waals surface area contributed by atoms with E-state index in [9.17, 15) is 8.42 Å². The maximum Gasteiger partial charge on any atom is 0.265 e. The van der Waals surface area contributed by atoms with E-state index >= 15 is 0 Å². The fourth-order valence-corrected chi connectivity index (χ4v) is 2.14. The van der Waals surface area contributed by atoms with Crippen LogP contribution < -0.4 is 0 Å². The molecule has 4 nitrogen and oxygen atoms in total. The summed E-state index contributed by atoms with van der Waals surface area (Å²) in [6.07, 6.45) is 1.21. The average molecular weight is 175 g/mol. The molecule has 0 saturated heterocycles. The van der Waals surface area contributed by atoms with Crippen molar-refractivity contribution in [2.75, 3.05) is 5.75 Å². The first kappa shape index (κ1) is 8.50. The lowest BCUT2D eigenvalue weighted by atomic mass is 9.77. The van der Waals surface area contributed by atoms with Crippen LogP contribution in [0.15, 0.2) is 0 Å². The van der Waals surface area contributed by atoms with E-state index in [1.165, 1.54) is 0 Å². The molecule has 1 fully saturated rings. The molecule has 1 aliphatic carbocycles. The predicted octanol–water partition coefficient (Wildman–Crippen LogP) is 0.424. The van der Waals surface area contributed by atoms with Gasteiger partial charge in [-0.1, -0.05) is 0 Å². The Morgan fingerprint density at radius 2 is 2.09 bits per heavy atom. The summed E-state index contributed by atoms with van der Waals surface area (Å²) in [4.78, 5) is 0. The third-order valence-electron chi connectivity index (χ3n) is 1.86. The van der Waals surface area contributed by atoms with Crippen molar-refractivity contribution in [3.05, 3.63) is 0 Å². The van der Waals surface area contributed by atoms with Crippen molar-refractivity contribution in [3.8, 4) is 6.07 Å². The largest absolute Gasteiger partial charge is 0.286 e. The van der Waals surface area contributed by atoms with Crippen molar-refractivity contribution >= 4 is 10.1 Å². The van der Waals surface area contributed by atoms with Crippen LogP contribution in [0.25, 0.3) is 0 Å². The number of rotatable bonds is 2. The molecule has 11 heavy (non-hydrogen) atoms. The van der Waals surface area contributed by atoms with Gasteiger partial charge >= 0.3 is 0 Å². The second-order valence-electron chi connectivity index (χ2n) is 2.91. The highest BCUT2D eigenvalue weighted by Gasteiger charge is 2.31. The van der Waals surface area contributed by atoms with Crippen LogP contribution >= 0.6 is 0 Å². The zero-order valence-corrected chi connectivity index (χ0v) is 6.71. The molecule has 1 aliphatic rings. The minimum Gasteiger partial charge on any atom is -0.286 e. The normalized spacial score (nSPS) is 30.5. The number of hydrogen-bond donors (Lipinski definition) is 1. The zero-order valence-electron chi connectivity index (χ0n) is 5.90. The van der Waals surface area contributed by atoms with Gasteiger partial charge in [0.05, 0.1) is 11.8 Å². The maximum absolute atomic E-state index is 10.3. The summed E-state index contributed by atoms with van der Waals surface area (Å²) in [5, 5.41) is 8.34. The van der Waals surface area contributed by atoms with Gasteiger partial charge in [-0.05, 0) is 18.8 Å². The van der Waals surface area contributed by atoms with E-state index < -0.39 is 10.1 Å². The highest BCUT2D eigenvalue weighted by atomic mass is 32.2. The van der Waals surface area contributed by atoms with Crippen LogP contribution in [-0.2, 0) is 10.1 Å². The summed E-state index contributed by atoms with van der Waals surface area (Å²) in [5.41, 5.74) is 0. The average Bonchev–Trinajstić information content (AvgIpc) is 1.75. The first-order valence-electron chi connectivity index (χ1n) is 3.36. The molecule has 0 aromatic heterocycles. The lowest BCUT2D eigenvalue weighted by molar-refractivity contribution is 0.267. The van der Waals surface area contributed by atoms with Crippen molar-refractivity contribution in [2.24, 2.45) is 11.8 Å². The van der Waals surface area contributed by atoms with Gasteiger partial charge in [-0.3, -0.25) is 4.55 Å². The fraction of sp³-hybridized carbons (Fsp3) is 0.833. The minimum absolute atomic E-state index is 0.00162. The zero-order chi connectivity index (χ0) is 8.48. The Kier molecular flexibility index (Phi) is 2.16. The van der Waals surface area contributed by atoms with Crippen LogP contribution in [0.2, 0.25) is 0 Å². The van der Waals surface area contributed by atoms with Crippen molar-refractivity contribution in [1.82, 2.24) is 0 Å². The van der Waals surface area contributed by atoms with Crippen LogP contribution in [-0.4, -0.2) is 18.7 Å². The summed E-state index contributed by atoms with van der Waals surface area (Å²) in [6.45, 7) is 0. The first-order chi connectivity index (χ1) is 5.01. The van der Waals surface area contributed by atoms with E-state index in [1.54, 1.807) is 0 Å². The van der Waals surface area contributed by atoms with Crippen LogP contribution in [0.4, 0.5) is 0 Å². The van der Waals surface area contributed by atoms with Crippen molar-refractivity contribution < 1.29 is 13.0 Å². The number of nitriles is 1. The van der Waals surface area contributed by atoms with Crippen LogP contribution in [0.1, 0.15) is 12.8 Å². The van der Waals surface area contributed by atoms with Crippen molar-refractivity contribution in [2.45, 2.75) is 12.8 Å². The van der Waals surface area contributed by atoms with E-state index in [0.29, 0.717) is 12.8 Å². The molecule has 0 unspecified atom stereocenters. The molecule has 0 spiro atoms. The van der Waals surface area contributed by atoms with Gasteiger partial charge < -0.3 is 0 Å². The Balaban J connectivity index is 2.31. The Morgan fingerprint density at radius 3 is 2.45 bits per heavy atom. The summed E-state index contributed by atoms with van der Waals surface area (Å²) in [7, 11) is -3.83. The third-order valence-corrected chi connectivity index (χ3v) is 2.76. The molecule has 0 aliphatic heterocycles. The molecule has 1 rings (SSSR count). The van der Waals surface area contributed by atoms with Gasteiger partial charge in [0.2, 0.25) is 0 Å². The molecule has 0 heterocycles. The predicted molar refractivity (Wildman–Crippen MR) is 38.2 cm³/mol. The highest BCUT2D eigenvalue weighted by Crippen LogP contribution is 2.33. The van der Waals surface area contributed by atoms with E-state index in [0.717, 1.165) is 0 Å². The first-order valence-corrected chi connectivity index (χ1v) is 4.97. The Morgan fingerprint density at radius 1 is 1.55 bits per heavy atom. The Labute approximate surface area is 65.6 Å². The summed E-state index contributed by atoms with van der Waals surface area (Å²) in [5.74, 6) is -0.193. The second-order valence-corrected chi connectivity index (χ2v) is 4.41. The van der Waals surface area contributed by atoms with Crippen LogP contribution in [0.3, 0.4) is 0 Å². The molecule has 0 atom stereocenters. The van der Waals surface area contributed by atoms with Crippen LogP contribution in [0.5, 0.6) is 0 Å². The number of hydrogen-bond acceptors (Lipinski definition) is 3. The molecule has 0 amide bonds. The summed E-state index contributed by atoms with van der Waals surface area (Å²) in [6, 6.07) is 2.04. The lowest BCUT2D eigenvalue weighted by Gasteiger charge is -2.28. The SMILES string of the molecule is N#CC1CC(CS(=O)(=O)O)C1. The standard InChI is InChI=1S/C6H9NO3S/c7-3-5-1-6(2-5)4-11(8,9)10/h5-6H,1-2,4H2,(H,8,9,10). The molecule has 0 bridgehead atoms. The van der Waals surface area contributed by atoms with E-state index in [1.807, 2.05) is 6.07 Å². The number of nitrogens with zero attached hydrogens (tertiary/aromatic N) is 1. The van der Waals surface area contributed by atoms with E-state index in [2.05, 4.69) is 0 Å². The molecular formula is C6H9NO3S. The Hall–Kier alpha value is -0.600. The summed E-state index contributed by atoms with van der Waals surface area (Å²) < 4.78 is 29.0. The quantitative estimate of drug-likeness (QED) is 0.617. The lowest BCUT2D eigenvalue weighted by Crippen LogP contribution is -2.28. The highest BCUT2D eigenvalue weighted by molar-refractivity contribution is 7.85. The monoisotopic (exact) mass is 175 g/mol. The van der Waals surface area contributed by atoms with E-state index in [4.69, 9.17) is 9.81 Å². The van der Waals surface area contributed by atoms with Gasteiger partial charge in [0.25, 0.3) is 10.1 Å². The molecule has 62 valence electrons. The molecule has 0 radical (unpaired) electrons. The van der Waals surface area contributed by atoms with E-state index in [-0.39, 0.29) is 17.6 Å². The molecule has 1 N–H and O–H groups in total. The third kappa shape index (κ3) is 2.48.